The highest BCUT2D eigenvalue weighted by atomic mass is 16.5. The fourth-order valence-electron chi connectivity index (χ4n) is 2.33. The summed E-state index contributed by atoms with van der Waals surface area (Å²) >= 11 is 0. The van der Waals surface area contributed by atoms with Crippen molar-refractivity contribution < 1.29 is 9.47 Å². The molecule has 1 saturated heterocycles. The van der Waals surface area contributed by atoms with Gasteiger partial charge >= 0.3 is 0 Å². The summed E-state index contributed by atoms with van der Waals surface area (Å²) in [5.41, 5.74) is 0.911. The molecule has 3 rings (SSSR count). The van der Waals surface area contributed by atoms with E-state index in [1.54, 1.807) is 19.5 Å². The van der Waals surface area contributed by atoms with Gasteiger partial charge in [-0.25, -0.2) is 9.67 Å². The van der Waals surface area contributed by atoms with E-state index in [-0.39, 0.29) is 6.10 Å². The van der Waals surface area contributed by atoms with Gasteiger partial charge in [-0.1, -0.05) is 0 Å². The van der Waals surface area contributed by atoms with Gasteiger partial charge < -0.3 is 9.47 Å². The molecule has 1 aliphatic heterocycles. The van der Waals surface area contributed by atoms with E-state index in [9.17, 15) is 0 Å². The molecule has 0 bridgehead atoms. The fraction of sp³-hybridized carbons (Fsp3) is 0.500. The van der Waals surface area contributed by atoms with Crippen molar-refractivity contribution in [3.8, 4) is 5.69 Å². The summed E-state index contributed by atoms with van der Waals surface area (Å²) in [6.45, 7) is 1.40. The van der Waals surface area contributed by atoms with Crippen molar-refractivity contribution >= 4 is 0 Å². The zero-order valence-electron chi connectivity index (χ0n) is 11.5. The van der Waals surface area contributed by atoms with Crippen LogP contribution in [0.5, 0.6) is 0 Å². The lowest BCUT2D eigenvalue weighted by atomic mass is 10.2. The molecule has 0 saturated carbocycles. The normalized spacial score (nSPS) is 18.6. The van der Waals surface area contributed by atoms with Gasteiger partial charge in [-0.05, 0) is 25.0 Å². The molecule has 0 spiro atoms. The van der Waals surface area contributed by atoms with E-state index in [4.69, 9.17) is 9.47 Å². The second-order valence-corrected chi connectivity index (χ2v) is 4.75. The van der Waals surface area contributed by atoms with Crippen LogP contribution in [-0.2, 0) is 15.9 Å². The average Bonchev–Trinajstić information content (AvgIpc) is 3.15. The van der Waals surface area contributed by atoms with Crippen molar-refractivity contribution in [1.82, 2.24) is 19.7 Å². The maximum Gasteiger partial charge on any atom is 0.161 e. The molecular weight excluding hydrogens is 256 g/mol. The first kappa shape index (κ1) is 13.2. The van der Waals surface area contributed by atoms with Gasteiger partial charge in [0.2, 0.25) is 0 Å². The van der Waals surface area contributed by atoms with Crippen LogP contribution in [0.4, 0.5) is 0 Å². The highest BCUT2D eigenvalue weighted by Crippen LogP contribution is 2.28. The van der Waals surface area contributed by atoms with Crippen LogP contribution in [0.25, 0.3) is 5.69 Å². The number of hydrogen-bond donors (Lipinski definition) is 0. The summed E-state index contributed by atoms with van der Waals surface area (Å²) in [6, 6.07) is 3.87. The third-order valence-corrected chi connectivity index (χ3v) is 3.31. The molecule has 106 valence electrons. The first-order chi connectivity index (χ1) is 9.88. The summed E-state index contributed by atoms with van der Waals surface area (Å²) in [5.74, 6) is 1.64. The van der Waals surface area contributed by atoms with Crippen LogP contribution in [0, 0.1) is 0 Å². The van der Waals surface area contributed by atoms with Gasteiger partial charge in [-0.2, -0.15) is 5.10 Å². The molecule has 2 aromatic rings. The van der Waals surface area contributed by atoms with Gasteiger partial charge in [0.15, 0.2) is 11.6 Å². The van der Waals surface area contributed by atoms with Crippen LogP contribution in [0.3, 0.4) is 0 Å². The monoisotopic (exact) mass is 274 g/mol. The van der Waals surface area contributed by atoms with E-state index in [1.807, 2.05) is 16.8 Å². The maximum absolute atomic E-state index is 5.74. The summed E-state index contributed by atoms with van der Waals surface area (Å²) in [7, 11) is 1.68. The van der Waals surface area contributed by atoms with Crippen molar-refractivity contribution in [2.24, 2.45) is 0 Å². The first-order valence-corrected chi connectivity index (χ1v) is 6.85. The van der Waals surface area contributed by atoms with Gasteiger partial charge in [0.25, 0.3) is 0 Å². The smallest absolute Gasteiger partial charge is 0.161 e. The van der Waals surface area contributed by atoms with Crippen molar-refractivity contribution in [1.29, 1.82) is 0 Å². The molecule has 1 aliphatic rings. The Bertz CT molecular complexity index is 550. The lowest BCUT2D eigenvalue weighted by molar-refractivity contribution is 0.103. The van der Waals surface area contributed by atoms with E-state index in [1.165, 1.54) is 0 Å². The minimum atomic E-state index is 0.0269. The van der Waals surface area contributed by atoms with E-state index in [2.05, 4.69) is 15.1 Å². The van der Waals surface area contributed by atoms with E-state index in [0.717, 1.165) is 36.8 Å². The second-order valence-electron chi connectivity index (χ2n) is 4.75. The molecule has 6 heteroatoms. The summed E-state index contributed by atoms with van der Waals surface area (Å²) < 4.78 is 12.7. The van der Waals surface area contributed by atoms with Gasteiger partial charge in [0.1, 0.15) is 6.10 Å². The van der Waals surface area contributed by atoms with E-state index in [0.29, 0.717) is 13.0 Å². The predicted octanol–water partition coefficient (Wildman–Crippen LogP) is 1.70. The van der Waals surface area contributed by atoms with Gasteiger partial charge in [0, 0.05) is 26.3 Å². The molecule has 0 N–H and O–H groups in total. The number of aromatic nitrogens is 4. The molecule has 0 amide bonds. The second kappa shape index (κ2) is 6.11. The molecule has 0 unspecified atom stereocenters. The van der Waals surface area contributed by atoms with Crippen LogP contribution in [0.15, 0.2) is 24.5 Å². The van der Waals surface area contributed by atoms with Crippen molar-refractivity contribution in [3.63, 3.8) is 0 Å². The van der Waals surface area contributed by atoms with Crippen molar-refractivity contribution in [2.75, 3.05) is 20.3 Å². The fourth-order valence-corrected chi connectivity index (χ4v) is 2.33. The summed E-state index contributed by atoms with van der Waals surface area (Å²) in [5, 5.41) is 4.57. The van der Waals surface area contributed by atoms with Crippen molar-refractivity contribution in [3.05, 3.63) is 36.2 Å². The Morgan fingerprint density at radius 1 is 1.50 bits per heavy atom. The Kier molecular flexibility index (Phi) is 4.03. The minimum Gasteiger partial charge on any atom is -0.384 e. The number of methoxy groups -OCH3 is 1. The quantitative estimate of drug-likeness (QED) is 0.830. The molecule has 3 heterocycles. The van der Waals surface area contributed by atoms with E-state index >= 15 is 0 Å². The van der Waals surface area contributed by atoms with Crippen LogP contribution in [-0.4, -0.2) is 40.1 Å². The van der Waals surface area contributed by atoms with E-state index < -0.39 is 0 Å². The molecule has 0 radical (unpaired) electrons. The number of ether oxygens (including phenoxy) is 2. The highest BCUT2D eigenvalue weighted by molar-refractivity contribution is 5.28. The van der Waals surface area contributed by atoms with Crippen LogP contribution in [0.1, 0.15) is 30.6 Å². The SMILES string of the molecule is COCCc1nc([C@H]2CCCO2)n(-c2cccnc2)n1. The molecule has 0 aliphatic carbocycles. The van der Waals surface area contributed by atoms with Gasteiger partial charge in [-0.3, -0.25) is 4.98 Å². The Labute approximate surface area is 117 Å². The molecule has 1 atom stereocenters. The molecular formula is C14H18N4O2. The number of rotatable bonds is 5. The topological polar surface area (TPSA) is 62.1 Å². The maximum atomic E-state index is 5.74. The van der Waals surface area contributed by atoms with Gasteiger partial charge in [-0.15, -0.1) is 0 Å². The number of nitrogens with zero attached hydrogens (tertiary/aromatic N) is 4. The first-order valence-electron chi connectivity index (χ1n) is 6.85. The zero-order valence-corrected chi connectivity index (χ0v) is 11.5. The Morgan fingerprint density at radius 3 is 3.15 bits per heavy atom. The average molecular weight is 274 g/mol. The highest BCUT2D eigenvalue weighted by Gasteiger charge is 2.25. The van der Waals surface area contributed by atoms with Crippen LogP contribution >= 0.6 is 0 Å². The van der Waals surface area contributed by atoms with Crippen LogP contribution in [0.2, 0.25) is 0 Å². The third kappa shape index (κ3) is 2.71. The molecule has 6 nitrogen and oxygen atoms in total. The molecule has 2 aromatic heterocycles. The zero-order chi connectivity index (χ0) is 13.8. The molecule has 20 heavy (non-hydrogen) atoms. The molecule has 1 fully saturated rings. The predicted molar refractivity (Wildman–Crippen MR) is 72.7 cm³/mol. The number of pyridine rings is 1. The minimum absolute atomic E-state index is 0.0269. The largest absolute Gasteiger partial charge is 0.384 e. The van der Waals surface area contributed by atoms with Crippen LogP contribution < -0.4 is 0 Å². The summed E-state index contributed by atoms with van der Waals surface area (Å²) in [6.07, 6.45) is 6.31. The Morgan fingerprint density at radius 2 is 2.45 bits per heavy atom. The number of hydrogen-bond acceptors (Lipinski definition) is 5. The lowest BCUT2D eigenvalue weighted by Crippen LogP contribution is -2.08. The Hall–Kier alpha value is -1.79. The molecule has 0 aromatic carbocycles. The lowest BCUT2D eigenvalue weighted by Gasteiger charge is -2.10. The summed E-state index contributed by atoms with van der Waals surface area (Å²) in [4.78, 5) is 8.77. The third-order valence-electron chi connectivity index (χ3n) is 3.31. The Balaban J connectivity index is 1.95. The van der Waals surface area contributed by atoms with Gasteiger partial charge in [0.05, 0.1) is 18.5 Å². The van der Waals surface area contributed by atoms with Crippen molar-refractivity contribution in [2.45, 2.75) is 25.4 Å². The standard InChI is InChI=1S/C14H18N4O2/c1-19-9-6-13-16-14(12-5-3-8-20-12)18(17-13)11-4-2-7-15-10-11/h2,4,7,10,12H,3,5-6,8-9H2,1H3/t12-/m1/s1.